The van der Waals surface area contributed by atoms with Crippen molar-refractivity contribution in [3.8, 4) is 0 Å². The van der Waals surface area contributed by atoms with Gasteiger partial charge in [0.2, 0.25) is 23.5 Å². The summed E-state index contributed by atoms with van der Waals surface area (Å²) in [4.78, 5) is 76.9. The Balaban J connectivity index is 1.72. The van der Waals surface area contributed by atoms with Crippen molar-refractivity contribution in [1.29, 1.82) is 0 Å². The summed E-state index contributed by atoms with van der Waals surface area (Å²) in [7, 11) is 0. The molecule has 0 aromatic heterocycles. The Hall–Kier alpha value is -5.00. The van der Waals surface area contributed by atoms with Gasteiger partial charge in [-0.25, -0.2) is 4.79 Å². The average molecular weight is 690 g/mol. The Morgan fingerprint density at radius 2 is 1.46 bits per heavy atom. The van der Waals surface area contributed by atoms with Crippen LogP contribution in [0.4, 0.5) is 0 Å². The van der Waals surface area contributed by atoms with Crippen LogP contribution >= 0.6 is 0 Å². The van der Waals surface area contributed by atoms with Crippen molar-refractivity contribution in [3.63, 3.8) is 0 Å². The SMILES string of the molecule is CCCCC(=O)NCC(NC(Cc1cccc(CCC)c1)C(=O)NC(CCC)C(=O)C(=O)NCC(=O)NC(C(=O)O)c1ccccc1)=C1CC1. The number of ketones is 1. The first-order valence-electron chi connectivity index (χ1n) is 17.6. The minimum absolute atomic E-state index is 0.0625. The van der Waals surface area contributed by atoms with E-state index in [0.717, 1.165) is 60.9 Å². The molecular formula is C38H51N5O7. The summed E-state index contributed by atoms with van der Waals surface area (Å²) < 4.78 is 0. The predicted octanol–water partition coefficient (Wildman–Crippen LogP) is 3.41. The van der Waals surface area contributed by atoms with Gasteiger partial charge in [0.25, 0.3) is 5.91 Å². The number of benzene rings is 2. The van der Waals surface area contributed by atoms with Gasteiger partial charge in [-0.3, -0.25) is 24.0 Å². The van der Waals surface area contributed by atoms with Gasteiger partial charge in [0.05, 0.1) is 19.1 Å². The monoisotopic (exact) mass is 689 g/mol. The number of hydrogen-bond acceptors (Lipinski definition) is 7. The number of Topliss-reactive ketones (excluding diaryl/α,β-unsaturated/α-hetero) is 1. The minimum Gasteiger partial charge on any atom is -0.479 e. The number of carbonyl (C=O) groups is 6. The van der Waals surface area contributed by atoms with Crippen molar-refractivity contribution in [2.45, 2.75) is 103 Å². The quantitative estimate of drug-likeness (QED) is 0.102. The fraction of sp³-hybridized carbons (Fsp3) is 0.474. The lowest BCUT2D eigenvalue weighted by molar-refractivity contribution is -0.142. The molecule has 1 fully saturated rings. The van der Waals surface area contributed by atoms with E-state index >= 15 is 0 Å². The van der Waals surface area contributed by atoms with Crippen LogP contribution in [0.5, 0.6) is 0 Å². The number of hydrogen-bond donors (Lipinski definition) is 6. The molecule has 0 heterocycles. The molecule has 1 aliphatic rings. The van der Waals surface area contributed by atoms with Crippen LogP contribution in [0.3, 0.4) is 0 Å². The number of amides is 4. The molecule has 3 rings (SSSR count). The van der Waals surface area contributed by atoms with Gasteiger partial charge in [0.15, 0.2) is 6.04 Å². The van der Waals surface area contributed by atoms with Crippen LogP contribution in [0.2, 0.25) is 0 Å². The second-order valence-electron chi connectivity index (χ2n) is 12.6. The number of unbranched alkanes of at least 4 members (excludes halogenated alkanes) is 1. The molecule has 50 heavy (non-hydrogen) atoms. The Morgan fingerprint density at radius 3 is 2.10 bits per heavy atom. The van der Waals surface area contributed by atoms with E-state index in [9.17, 15) is 33.9 Å². The third kappa shape index (κ3) is 13.1. The number of allylic oxidation sites excluding steroid dienone is 1. The summed E-state index contributed by atoms with van der Waals surface area (Å²) in [5.74, 6) is -4.61. The summed E-state index contributed by atoms with van der Waals surface area (Å²) in [5, 5.41) is 23.3. The van der Waals surface area contributed by atoms with Crippen LogP contribution in [0.1, 0.15) is 94.9 Å². The number of rotatable bonds is 22. The summed E-state index contributed by atoms with van der Waals surface area (Å²) in [6.45, 7) is 5.56. The van der Waals surface area contributed by atoms with Crippen molar-refractivity contribution in [3.05, 3.63) is 82.6 Å². The zero-order chi connectivity index (χ0) is 36.5. The van der Waals surface area contributed by atoms with Gasteiger partial charge >= 0.3 is 5.97 Å². The molecule has 2 aromatic carbocycles. The molecular weight excluding hydrogens is 638 g/mol. The number of aliphatic carboxylic acids is 1. The fourth-order valence-electron chi connectivity index (χ4n) is 5.49. The maximum absolute atomic E-state index is 13.9. The molecule has 3 atom stereocenters. The lowest BCUT2D eigenvalue weighted by Gasteiger charge is -2.25. The molecule has 270 valence electrons. The highest BCUT2D eigenvalue weighted by molar-refractivity contribution is 6.38. The smallest absolute Gasteiger partial charge is 0.330 e. The number of aryl methyl sites for hydroxylation is 1. The molecule has 0 spiro atoms. The summed E-state index contributed by atoms with van der Waals surface area (Å²) in [6, 6.07) is 12.8. The van der Waals surface area contributed by atoms with Crippen molar-refractivity contribution in [2.75, 3.05) is 13.1 Å². The first-order valence-corrected chi connectivity index (χ1v) is 17.6. The van der Waals surface area contributed by atoms with Crippen molar-refractivity contribution < 1.29 is 33.9 Å². The van der Waals surface area contributed by atoms with Crippen LogP contribution in [0.25, 0.3) is 0 Å². The number of carboxylic acids is 1. The number of carbonyl (C=O) groups excluding carboxylic acids is 5. The molecule has 6 N–H and O–H groups in total. The maximum atomic E-state index is 13.9. The topological polar surface area (TPSA) is 183 Å². The highest BCUT2D eigenvalue weighted by Crippen LogP contribution is 2.30. The zero-order valence-corrected chi connectivity index (χ0v) is 29.3. The Bertz CT molecular complexity index is 1520. The van der Waals surface area contributed by atoms with E-state index < -0.39 is 54.1 Å². The van der Waals surface area contributed by atoms with E-state index in [-0.39, 0.29) is 18.9 Å². The highest BCUT2D eigenvalue weighted by atomic mass is 16.4. The standard InChI is InChI=1S/C38H51N5O7/c1-4-7-18-32(44)39-23-31(27-19-20-27)41-30(22-26-15-11-14-25(21-26)12-5-2)36(47)42-29(13-6-3)35(46)37(48)40-24-33(45)43-34(38(49)50)28-16-9-8-10-17-28/h8-11,14-17,21,29-30,34,41H,4-7,12-13,18-20,22-24H2,1-3H3,(H,39,44)(H,40,48)(H,42,47)(H,43,45)(H,49,50). The molecule has 0 saturated heterocycles. The third-order valence-electron chi connectivity index (χ3n) is 8.31. The van der Waals surface area contributed by atoms with Gasteiger partial charge in [-0.2, -0.15) is 0 Å². The molecule has 3 unspecified atom stereocenters. The lowest BCUT2D eigenvalue weighted by Crippen LogP contribution is -2.54. The largest absolute Gasteiger partial charge is 0.479 e. The molecule has 4 amide bonds. The highest BCUT2D eigenvalue weighted by Gasteiger charge is 2.31. The van der Waals surface area contributed by atoms with Gasteiger partial charge < -0.3 is 31.7 Å². The van der Waals surface area contributed by atoms with Crippen molar-refractivity contribution in [1.82, 2.24) is 26.6 Å². The molecule has 0 aliphatic heterocycles. The Labute approximate surface area is 294 Å². The van der Waals surface area contributed by atoms with E-state index in [4.69, 9.17) is 0 Å². The molecule has 0 bridgehead atoms. The van der Waals surface area contributed by atoms with Crippen molar-refractivity contribution >= 4 is 35.4 Å². The molecule has 0 radical (unpaired) electrons. The first kappa shape index (κ1) is 39.4. The maximum Gasteiger partial charge on any atom is 0.330 e. The lowest BCUT2D eigenvalue weighted by atomic mass is 9.99. The van der Waals surface area contributed by atoms with Gasteiger partial charge in [0.1, 0.15) is 6.04 Å². The molecule has 2 aromatic rings. The summed E-state index contributed by atoms with van der Waals surface area (Å²) >= 11 is 0. The van der Waals surface area contributed by atoms with Crippen molar-refractivity contribution in [2.24, 2.45) is 0 Å². The van der Waals surface area contributed by atoms with Gasteiger partial charge in [-0.15, -0.1) is 0 Å². The van der Waals surface area contributed by atoms with E-state index in [1.54, 1.807) is 30.3 Å². The Morgan fingerprint density at radius 1 is 0.740 bits per heavy atom. The van der Waals surface area contributed by atoms with E-state index in [1.807, 2.05) is 32.0 Å². The van der Waals surface area contributed by atoms with Crippen LogP contribution in [0.15, 0.2) is 65.9 Å². The number of carboxylic acid groups (broad SMARTS) is 1. The van der Waals surface area contributed by atoms with E-state index in [0.29, 0.717) is 24.8 Å². The summed E-state index contributed by atoms with van der Waals surface area (Å²) in [6.07, 6.45) is 6.65. The third-order valence-corrected chi connectivity index (χ3v) is 8.31. The number of nitrogens with one attached hydrogen (secondary N) is 5. The second-order valence-corrected chi connectivity index (χ2v) is 12.6. The molecule has 12 heteroatoms. The predicted molar refractivity (Wildman–Crippen MR) is 190 cm³/mol. The summed E-state index contributed by atoms with van der Waals surface area (Å²) in [5.41, 5.74) is 4.31. The van der Waals surface area contributed by atoms with Gasteiger partial charge in [-0.1, -0.05) is 94.6 Å². The zero-order valence-electron chi connectivity index (χ0n) is 29.3. The second kappa shape index (κ2) is 20.5. The van der Waals surface area contributed by atoms with E-state index in [1.165, 1.54) is 0 Å². The molecule has 12 nitrogen and oxygen atoms in total. The van der Waals surface area contributed by atoms with E-state index in [2.05, 4.69) is 39.6 Å². The van der Waals surface area contributed by atoms with Crippen LogP contribution in [-0.2, 0) is 41.6 Å². The first-order chi connectivity index (χ1) is 24.1. The molecule has 1 aliphatic carbocycles. The van der Waals surface area contributed by atoms with Crippen LogP contribution in [-0.4, -0.2) is 65.7 Å². The van der Waals surface area contributed by atoms with Gasteiger partial charge in [0, 0.05) is 18.5 Å². The fourth-order valence-corrected chi connectivity index (χ4v) is 5.49. The normalized spacial score (nSPS) is 13.6. The van der Waals surface area contributed by atoms with Crippen LogP contribution < -0.4 is 26.6 Å². The Kier molecular flexibility index (Phi) is 16.2. The average Bonchev–Trinajstić information content (AvgIpc) is 3.95. The minimum atomic E-state index is -1.34. The molecule has 1 saturated carbocycles. The van der Waals surface area contributed by atoms with Crippen LogP contribution in [0, 0.1) is 0 Å². The van der Waals surface area contributed by atoms with Gasteiger partial charge in [-0.05, 0) is 54.4 Å².